The highest BCUT2D eigenvalue weighted by Crippen LogP contribution is 2.34. The molecule has 28 heavy (non-hydrogen) atoms. The van der Waals surface area contributed by atoms with Crippen molar-refractivity contribution in [3.05, 3.63) is 76.1 Å². The minimum atomic E-state index is -0.489. The summed E-state index contributed by atoms with van der Waals surface area (Å²) >= 11 is 3.53. The first-order chi connectivity index (χ1) is 13.6. The van der Waals surface area contributed by atoms with Crippen molar-refractivity contribution in [2.75, 3.05) is 13.2 Å². The van der Waals surface area contributed by atoms with E-state index < -0.39 is 5.54 Å². The number of rotatable bonds is 4. The van der Waals surface area contributed by atoms with Gasteiger partial charge in [-0.3, -0.25) is 4.79 Å². The van der Waals surface area contributed by atoms with E-state index in [1.54, 1.807) is 6.92 Å². The Bertz CT molecular complexity index is 978. The molecular weight excluding hydrogens is 420 g/mol. The summed E-state index contributed by atoms with van der Waals surface area (Å²) in [5.41, 5.74) is 1.73. The van der Waals surface area contributed by atoms with Crippen LogP contribution in [0.1, 0.15) is 34.7 Å². The van der Waals surface area contributed by atoms with E-state index in [1.807, 2.05) is 48.5 Å². The molecule has 1 aliphatic rings. The zero-order valence-corrected chi connectivity index (χ0v) is 17.2. The van der Waals surface area contributed by atoms with Crippen LogP contribution in [-0.2, 0) is 10.3 Å². The van der Waals surface area contributed by atoms with Crippen LogP contribution in [0, 0.1) is 6.92 Å². The van der Waals surface area contributed by atoms with Crippen LogP contribution < -0.4 is 5.32 Å². The second kappa shape index (κ2) is 7.89. The lowest BCUT2D eigenvalue weighted by Gasteiger charge is -2.38. The third kappa shape index (κ3) is 3.75. The number of hydrogen-bond donors (Lipinski definition) is 1. The van der Waals surface area contributed by atoms with Crippen LogP contribution in [0.4, 0.5) is 0 Å². The number of nitrogens with zero attached hydrogens (tertiary/aromatic N) is 1. The molecule has 4 rings (SSSR count). The van der Waals surface area contributed by atoms with Gasteiger partial charge in [-0.2, -0.15) is 0 Å². The Morgan fingerprint density at radius 2 is 1.86 bits per heavy atom. The number of ether oxygens (including phenoxy) is 1. The first-order valence-corrected chi connectivity index (χ1v) is 10.1. The molecule has 1 N–H and O–H groups in total. The second-order valence-corrected chi connectivity index (χ2v) is 7.86. The summed E-state index contributed by atoms with van der Waals surface area (Å²) in [5, 5.41) is 3.24. The second-order valence-electron chi connectivity index (χ2n) is 6.95. The van der Waals surface area contributed by atoms with Crippen molar-refractivity contribution in [1.29, 1.82) is 0 Å². The van der Waals surface area contributed by atoms with E-state index in [9.17, 15) is 4.79 Å². The summed E-state index contributed by atoms with van der Waals surface area (Å²) in [6.07, 6.45) is 1.41. The van der Waals surface area contributed by atoms with E-state index in [-0.39, 0.29) is 5.91 Å². The molecule has 0 unspecified atom stereocenters. The van der Waals surface area contributed by atoms with Crippen LogP contribution in [0.5, 0.6) is 0 Å². The van der Waals surface area contributed by atoms with E-state index in [1.165, 1.54) is 0 Å². The van der Waals surface area contributed by atoms with Crippen LogP contribution in [0.25, 0.3) is 11.5 Å². The van der Waals surface area contributed by atoms with Gasteiger partial charge in [0, 0.05) is 23.2 Å². The maximum Gasteiger partial charge on any atom is 0.274 e. The van der Waals surface area contributed by atoms with Crippen molar-refractivity contribution in [1.82, 2.24) is 10.3 Å². The first-order valence-electron chi connectivity index (χ1n) is 9.27. The topological polar surface area (TPSA) is 64.4 Å². The average Bonchev–Trinajstić information content (AvgIpc) is 3.11. The third-order valence-electron chi connectivity index (χ3n) is 5.11. The fourth-order valence-corrected chi connectivity index (χ4v) is 3.98. The molecule has 0 bridgehead atoms. The summed E-state index contributed by atoms with van der Waals surface area (Å²) in [4.78, 5) is 17.6. The Kier molecular flexibility index (Phi) is 5.33. The number of aromatic nitrogens is 1. The summed E-state index contributed by atoms with van der Waals surface area (Å²) in [6.45, 7) is 2.96. The van der Waals surface area contributed by atoms with Crippen LogP contribution in [0.2, 0.25) is 0 Å². The quantitative estimate of drug-likeness (QED) is 0.629. The van der Waals surface area contributed by atoms with E-state index >= 15 is 0 Å². The Labute approximate surface area is 172 Å². The predicted molar refractivity (Wildman–Crippen MR) is 110 cm³/mol. The fourth-order valence-electron chi connectivity index (χ4n) is 3.58. The molecule has 0 aliphatic carbocycles. The Hall–Kier alpha value is -2.44. The minimum absolute atomic E-state index is 0.231. The fraction of sp³-hybridized carbons (Fsp3) is 0.273. The van der Waals surface area contributed by atoms with E-state index in [0.717, 1.165) is 15.6 Å². The average molecular weight is 441 g/mol. The molecule has 0 atom stereocenters. The third-order valence-corrected chi connectivity index (χ3v) is 5.60. The normalized spacial score (nSPS) is 15.9. The lowest BCUT2D eigenvalue weighted by Crippen LogP contribution is -2.49. The van der Waals surface area contributed by atoms with E-state index in [4.69, 9.17) is 9.15 Å². The minimum Gasteiger partial charge on any atom is -0.441 e. The largest absolute Gasteiger partial charge is 0.441 e. The molecule has 5 nitrogen and oxygen atoms in total. The van der Waals surface area contributed by atoms with Gasteiger partial charge in [0.2, 0.25) is 5.89 Å². The van der Waals surface area contributed by atoms with Crippen molar-refractivity contribution in [2.45, 2.75) is 25.3 Å². The standard InChI is InChI=1S/C22H21BrN2O3/c1-15-19(24-21(28-15)16-6-3-2-4-7-16)20(26)25-22(10-12-27-13-11-22)17-8-5-9-18(23)14-17/h2-9,14H,10-13H2,1H3,(H,25,26). The molecule has 0 radical (unpaired) electrons. The zero-order chi connectivity index (χ0) is 19.6. The van der Waals surface area contributed by atoms with Crippen molar-refractivity contribution >= 4 is 21.8 Å². The number of amides is 1. The van der Waals surface area contributed by atoms with Gasteiger partial charge in [0.15, 0.2) is 5.69 Å². The molecule has 1 aliphatic heterocycles. The number of halogens is 1. The Morgan fingerprint density at radius 3 is 2.57 bits per heavy atom. The number of oxazole rings is 1. The van der Waals surface area contributed by atoms with Crippen molar-refractivity contribution in [3.63, 3.8) is 0 Å². The Morgan fingerprint density at radius 1 is 1.11 bits per heavy atom. The highest BCUT2D eigenvalue weighted by atomic mass is 79.9. The van der Waals surface area contributed by atoms with E-state index in [0.29, 0.717) is 43.4 Å². The summed E-state index contributed by atoms with van der Waals surface area (Å²) < 4.78 is 12.3. The monoisotopic (exact) mass is 440 g/mol. The first kappa shape index (κ1) is 18.9. The molecule has 6 heteroatoms. The molecule has 2 aromatic carbocycles. The van der Waals surface area contributed by atoms with Gasteiger partial charge in [-0.05, 0) is 49.6 Å². The summed E-state index contributed by atoms with van der Waals surface area (Å²) in [7, 11) is 0. The van der Waals surface area contributed by atoms with Gasteiger partial charge < -0.3 is 14.5 Å². The van der Waals surface area contributed by atoms with Gasteiger partial charge >= 0.3 is 0 Å². The Balaban J connectivity index is 1.65. The maximum absolute atomic E-state index is 13.2. The SMILES string of the molecule is Cc1oc(-c2ccccc2)nc1C(=O)NC1(c2cccc(Br)c2)CCOCC1. The molecule has 1 amide bonds. The number of benzene rings is 2. The van der Waals surface area contributed by atoms with Crippen LogP contribution in [0.15, 0.2) is 63.5 Å². The zero-order valence-electron chi connectivity index (χ0n) is 15.6. The number of carbonyl (C=O) groups excluding carboxylic acids is 1. The molecule has 1 aromatic heterocycles. The van der Waals surface area contributed by atoms with Gasteiger partial charge in [0.05, 0.1) is 5.54 Å². The molecule has 0 saturated carbocycles. The lowest BCUT2D eigenvalue weighted by molar-refractivity contribution is 0.0343. The van der Waals surface area contributed by atoms with Gasteiger partial charge in [0.1, 0.15) is 5.76 Å². The predicted octanol–water partition coefficient (Wildman–Crippen LogP) is 4.85. The van der Waals surface area contributed by atoms with Gasteiger partial charge in [-0.25, -0.2) is 4.98 Å². The number of aryl methyl sites for hydroxylation is 1. The highest BCUT2D eigenvalue weighted by molar-refractivity contribution is 9.10. The smallest absolute Gasteiger partial charge is 0.274 e. The lowest BCUT2D eigenvalue weighted by atomic mass is 9.82. The highest BCUT2D eigenvalue weighted by Gasteiger charge is 2.37. The van der Waals surface area contributed by atoms with Crippen LogP contribution >= 0.6 is 15.9 Å². The van der Waals surface area contributed by atoms with Crippen molar-refractivity contribution < 1.29 is 13.9 Å². The van der Waals surface area contributed by atoms with Gasteiger partial charge in [0.25, 0.3) is 5.91 Å². The molecule has 0 spiro atoms. The van der Waals surface area contributed by atoms with Gasteiger partial charge in [-0.1, -0.05) is 46.3 Å². The number of nitrogens with one attached hydrogen (secondary N) is 1. The molecular formula is C22H21BrN2O3. The van der Waals surface area contributed by atoms with Crippen molar-refractivity contribution in [3.8, 4) is 11.5 Å². The molecule has 1 saturated heterocycles. The summed E-state index contributed by atoms with van der Waals surface area (Å²) in [6, 6.07) is 17.6. The molecule has 1 fully saturated rings. The molecule has 2 heterocycles. The van der Waals surface area contributed by atoms with E-state index in [2.05, 4.69) is 32.3 Å². The van der Waals surface area contributed by atoms with Crippen molar-refractivity contribution in [2.24, 2.45) is 0 Å². The maximum atomic E-state index is 13.2. The number of carbonyl (C=O) groups is 1. The van der Waals surface area contributed by atoms with Crippen LogP contribution in [-0.4, -0.2) is 24.1 Å². The summed E-state index contributed by atoms with van der Waals surface area (Å²) in [5.74, 6) is 0.727. The van der Waals surface area contributed by atoms with Crippen LogP contribution in [0.3, 0.4) is 0 Å². The number of hydrogen-bond acceptors (Lipinski definition) is 4. The van der Waals surface area contributed by atoms with Gasteiger partial charge in [-0.15, -0.1) is 0 Å². The molecule has 3 aromatic rings. The molecule has 144 valence electrons.